The number of ether oxygens (including phenoxy) is 1. The van der Waals surface area contributed by atoms with Crippen molar-refractivity contribution in [1.29, 1.82) is 0 Å². The molecule has 12 heteroatoms. The predicted molar refractivity (Wildman–Crippen MR) is 144 cm³/mol. The molecule has 1 amide bonds. The molecule has 2 heterocycles. The minimum Gasteiger partial charge on any atom is -0.481 e. The molecule has 2 aromatic heterocycles. The summed E-state index contributed by atoms with van der Waals surface area (Å²) in [5.41, 5.74) is 1.58. The van der Waals surface area contributed by atoms with Crippen molar-refractivity contribution in [3.05, 3.63) is 74.3 Å². The van der Waals surface area contributed by atoms with E-state index in [0.717, 1.165) is 16.3 Å². The highest BCUT2D eigenvalue weighted by Gasteiger charge is 2.25. The van der Waals surface area contributed by atoms with Gasteiger partial charge in [0.25, 0.3) is 5.91 Å². The van der Waals surface area contributed by atoms with Gasteiger partial charge in [-0.25, -0.2) is 22.7 Å². The highest BCUT2D eigenvalue weighted by Crippen LogP contribution is 2.23. The van der Waals surface area contributed by atoms with Gasteiger partial charge in [0.1, 0.15) is 21.6 Å². The number of aromatic nitrogens is 2. The standard InChI is InChI=1S/C25H29ClN4O5S2/c1-17-24(20(31)16-37(33,34)29(2)3)28-23(36-17)15-30(12-8-11-18-9-6-5-7-10-18)25(32)19-13-21(26)27-22(14-19)35-4/h5-7,9-10,13-14H,8,11-12,15-16H2,1-4H3. The number of Topliss-reactive ketones (excluding diaryl/α,β-unsaturated/α-hetero) is 1. The molecule has 3 rings (SSSR count). The van der Waals surface area contributed by atoms with Crippen LogP contribution in [0.3, 0.4) is 0 Å². The number of hydrogen-bond acceptors (Lipinski definition) is 8. The second kappa shape index (κ2) is 12.6. The van der Waals surface area contributed by atoms with Gasteiger partial charge in [0.15, 0.2) is 5.78 Å². The van der Waals surface area contributed by atoms with Crippen molar-refractivity contribution in [3.8, 4) is 5.88 Å². The molecule has 0 fully saturated rings. The number of thiazole rings is 1. The number of rotatable bonds is 12. The van der Waals surface area contributed by atoms with Crippen LogP contribution in [0.15, 0.2) is 42.5 Å². The molecule has 0 aliphatic carbocycles. The summed E-state index contributed by atoms with van der Waals surface area (Å²) in [6.07, 6.45) is 1.47. The van der Waals surface area contributed by atoms with Crippen LogP contribution in [0.4, 0.5) is 0 Å². The molecule has 0 saturated heterocycles. The number of methoxy groups -OCH3 is 1. The molecule has 0 saturated carbocycles. The summed E-state index contributed by atoms with van der Waals surface area (Å²) < 4.78 is 30.5. The third-order valence-electron chi connectivity index (χ3n) is 5.55. The molecule has 37 heavy (non-hydrogen) atoms. The van der Waals surface area contributed by atoms with Gasteiger partial charge in [-0.1, -0.05) is 41.9 Å². The maximum absolute atomic E-state index is 13.5. The van der Waals surface area contributed by atoms with Crippen LogP contribution in [-0.4, -0.2) is 72.8 Å². The van der Waals surface area contributed by atoms with E-state index in [0.29, 0.717) is 28.4 Å². The summed E-state index contributed by atoms with van der Waals surface area (Å²) in [5, 5.41) is 0.662. The van der Waals surface area contributed by atoms with E-state index >= 15 is 0 Å². The molecule has 0 aliphatic heterocycles. The molecule has 1 aromatic carbocycles. The number of sulfonamides is 1. The quantitative estimate of drug-likeness (QED) is 0.243. The van der Waals surface area contributed by atoms with E-state index in [1.807, 2.05) is 30.3 Å². The summed E-state index contributed by atoms with van der Waals surface area (Å²) in [6.45, 7) is 2.29. The molecule has 0 spiro atoms. The highest BCUT2D eigenvalue weighted by molar-refractivity contribution is 7.89. The zero-order chi connectivity index (χ0) is 27.2. The summed E-state index contributed by atoms with van der Waals surface area (Å²) in [6, 6.07) is 12.9. The molecule has 0 aliphatic rings. The molecule has 198 valence electrons. The Kier molecular flexibility index (Phi) is 9.77. The van der Waals surface area contributed by atoms with Crippen molar-refractivity contribution in [3.63, 3.8) is 0 Å². The molecule has 0 N–H and O–H groups in total. The van der Waals surface area contributed by atoms with Crippen LogP contribution in [0.25, 0.3) is 0 Å². The van der Waals surface area contributed by atoms with Gasteiger partial charge in [0, 0.05) is 37.1 Å². The van der Waals surface area contributed by atoms with Gasteiger partial charge in [-0.2, -0.15) is 0 Å². The first kappa shape index (κ1) is 28.7. The first-order chi connectivity index (χ1) is 17.5. The fourth-order valence-corrected chi connectivity index (χ4v) is 5.45. The minimum atomic E-state index is -3.72. The molecule has 0 atom stereocenters. The topological polar surface area (TPSA) is 110 Å². The van der Waals surface area contributed by atoms with Gasteiger partial charge in [-0.15, -0.1) is 11.3 Å². The van der Waals surface area contributed by atoms with Crippen LogP contribution >= 0.6 is 22.9 Å². The van der Waals surface area contributed by atoms with Crippen LogP contribution in [0.2, 0.25) is 5.15 Å². The maximum atomic E-state index is 13.5. The van der Waals surface area contributed by atoms with Crippen LogP contribution < -0.4 is 4.74 Å². The van der Waals surface area contributed by atoms with Gasteiger partial charge in [-0.05, 0) is 31.4 Å². The summed E-state index contributed by atoms with van der Waals surface area (Å²) in [7, 11) is 0.474. The molecule has 0 unspecified atom stereocenters. The fourth-order valence-electron chi connectivity index (χ4n) is 3.56. The van der Waals surface area contributed by atoms with Gasteiger partial charge in [0.2, 0.25) is 15.9 Å². The first-order valence-electron chi connectivity index (χ1n) is 11.4. The predicted octanol–water partition coefficient (Wildman–Crippen LogP) is 3.86. The fraction of sp³-hybridized carbons (Fsp3) is 0.360. The van der Waals surface area contributed by atoms with Crippen molar-refractivity contribution >= 4 is 44.7 Å². The number of hydrogen-bond donors (Lipinski definition) is 0. The number of ketones is 1. The van der Waals surface area contributed by atoms with E-state index in [1.165, 1.54) is 44.7 Å². The molecular formula is C25H29ClN4O5S2. The third kappa shape index (κ3) is 7.81. The van der Waals surface area contributed by atoms with Crippen molar-refractivity contribution in [2.24, 2.45) is 0 Å². The Hall–Kier alpha value is -2.86. The lowest BCUT2D eigenvalue weighted by molar-refractivity contribution is 0.0740. The number of aryl methyl sites for hydroxylation is 2. The lowest BCUT2D eigenvalue weighted by atomic mass is 10.1. The number of nitrogens with zero attached hydrogens (tertiary/aromatic N) is 4. The van der Waals surface area contributed by atoms with E-state index in [4.69, 9.17) is 16.3 Å². The lowest BCUT2D eigenvalue weighted by Gasteiger charge is -2.22. The van der Waals surface area contributed by atoms with Gasteiger partial charge >= 0.3 is 0 Å². The van der Waals surface area contributed by atoms with E-state index in [-0.39, 0.29) is 29.2 Å². The van der Waals surface area contributed by atoms with Gasteiger partial charge in [0.05, 0.1) is 13.7 Å². The van der Waals surface area contributed by atoms with Gasteiger partial charge < -0.3 is 9.64 Å². The van der Waals surface area contributed by atoms with Crippen molar-refractivity contribution in [2.45, 2.75) is 26.3 Å². The molecular weight excluding hydrogens is 536 g/mol. The van der Waals surface area contributed by atoms with Crippen molar-refractivity contribution in [1.82, 2.24) is 19.2 Å². The van der Waals surface area contributed by atoms with Crippen molar-refractivity contribution in [2.75, 3.05) is 33.5 Å². The second-order valence-corrected chi connectivity index (χ2v) is 12.4. The van der Waals surface area contributed by atoms with E-state index in [1.54, 1.807) is 11.8 Å². The minimum absolute atomic E-state index is 0.107. The maximum Gasteiger partial charge on any atom is 0.254 e. The zero-order valence-electron chi connectivity index (χ0n) is 21.1. The Balaban J connectivity index is 1.84. The number of pyridine rings is 1. The number of carbonyl (C=O) groups is 2. The second-order valence-electron chi connectivity index (χ2n) is 8.51. The SMILES string of the molecule is COc1cc(C(=O)N(CCCc2ccccc2)Cc2nc(C(=O)CS(=O)(=O)N(C)C)c(C)s2)cc(Cl)n1. The van der Waals surface area contributed by atoms with Crippen molar-refractivity contribution < 1.29 is 22.7 Å². The smallest absolute Gasteiger partial charge is 0.254 e. The number of halogens is 1. The largest absolute Gasteiger partial charge is 0.481 e. The zero-order valence-corrected chi connectivity index (χ0v) is 23.5. The monoisotopic (exact) mass is 564 g/mol. The molecule has 3 aromatic rings. The molecule has 0 radical (unpaired) electrons. The molecule has 9 nitrogen and oxygen atoms in total. The normalized spacial score (nSPS) is 11.5. The number of benzene rings is 1. The Morgan fingerprint density at radius 2 is 1.81 bits per heavy atom. The summed E-state index contributed by atoms with van der Waals surface area (Å²) >= 11 is 7.36. The number of carbonyl (C=O) groups excluding carboxylic acids is 2. The van der Waals surface area contributed by atoms with Crippen LogP contribution in [0, 0.1) is 6.92 Å². The average molecular weight is 565 g/mol. The Morgan fingerprint density at radius 3 is 2.46 bits per heavy atom. The average Bonchev–Trinajstić information content (AvgIpc) is 3.23. The van der Waals surface area contributed by atoms with Crippen LogP contribution in [0.1, 0.15) is 42.7 Å². The number of amides is 1. The van der Waals surface area contributed by atoms with Crippen LogP contribution in [0.5, 0.6) is 5.88 Å². The Labute approximate surface area is 226 Å². The van der Waals surface area contributed by atoms with E-state index in [9.17, 15) is 18.0 Å². The van der Waals surface area contributed by atoms with E-state index < -0.39 is 21.6 Å². The first-order valence-corrected chi connectivity index (χ1v) is 14.2. The van der Waals surface area contributed by atoms with Crippen LogP contribution in [-0.2, 0) is 23.0 Å². The Bertz CT molecular complexity index is 1360. The van der Waals surface area contributed by atoms with Gasteiger partial charge in [-0.3, -0.25) is 9.59 Å². The molecule has 0 bridgehead atoms. The van der Waals surface area contributed by atoms with E-state index in [2.05, 4.69) is 9.97 Å². The Morgan fingerprint density at radius 1 is 1.11 bits per heavy atom. The summed E-state index contributed by atoms with van der Waals surface area (Å²) in [5.74, 6) is -1.31. The summed E-state index contributed by atoms with van der Waals surface area (Å²) in [4.78, 5) is 36.9. The third-order valence-corrected chi connectivity index (χ3v) is 8.44. The highest BCUT2D eigenvalue weighted by atomic mass is 35.5. The lowest BCUT2D eigenvalue weighted by Crippen LogP contribution is -2.32.